The van der Waals surface area contributed by atoms with Gasteiger partial charge in [-0.1, -0.05) is 30.9 Å². The second kappa shape index (κ2) is 7.81. The van der Waals surface area contributed by atoms with E-state index in [4.69, 9.17) is 16.3 Å². The standard InChI is InChI=1S/C18H24ClFN2O2/c19-16-12-14(20)4-5-15(16)17(23)21-13-18(6-2-1-3-7-18)22-8-10-24-11-9-22/h4-5,12H,1-3,6-11,13H2,(H,21,23). The number of ether oxygens (including phenoxy) is 1. The van der Waals surface area contributed by atoms with Crippen LogP contribution in [0.25, 0.3) is 0 Å². The lowest BCUT2D eigenvalue weighted by atomic mass is 9.79. The van der Waals surface area contributed by atoms with Gasteiger partial charge in [0.25, 0.3) is 5.91 Å². The van der Waals surface area contributed by atoms with Gasteiger partial charge >= 0.3 is 0 Å². The van der Waals surface area contributed by atoms with Crippen molar-refractivity contribution in [3.63, 3.8) is 0 Å². The highest BCUT2D eigenvalue weighted by Crippen LogP contribution is 2.34. The molecule has 1 aromatic rings. The summed E-state index contributed by atoms with van der Waals surface area (Å²) in [7, 11) is 0. The van der Waals surface area contributed by atoms with E-state index in [1.165, 1.54) is 37.5 Å². The first-order valence-electron chi connectivity index (χ1n) is 8.67. The number of nitrogens with one attached hydrogen (secondary N) is 1. The van der Waals surface area contributed by atoms with Gasteiger partial charge in [-0.3, -0.25) is 9.69 Å². The fourth-order valence-corrected chi connectivity index (χ4v) is 4.12. The summed E-state index contributed by atoms with van der Waals surface area (Å²) in [5, 5.41) is 3.19. The molecular formula is C18H24ClFN2O2. The van der Waals surface area contributed by atoms with Crippen molar-refractivity contribution in [3.8, 4) is 0 Å². The summed E-state index contributed by atoms with van der Waals surface area (Å²) in [6.07, 6.45) is 5.80. The van der Waals surface area contributed by atoms with Crippen molar-refractivity contribution >= 4 is 17.5 Å². The van der Waals surface area contributed by atoms with Crippen LogP contribution in [0.4, 0.5) is 4.39 Å². The first-order chi connectivity index (χ1) is 11.6. The first kappa shape index (κ1) is 17.6. The van der Waals surface area contributed by atoms with E-state index in [1.54, 1.807) is 0 Å². The van der Waals surface area contributed by atoms with E-state index in [9.17, 15) is 9.18 Å². The van der Waals surface area contributed by atoms with Crippen LogP contribution in [-0.4, -0.2) is 49.2 Å². The molecule has 0 aromatic heterocycles. The Morgan fingerprint density at radius 3 is 2.62 bits per heavy atom. The van der Waals surface area contributed by atoms with Gasteiger partial charge in [0, 0.05) is 25.2 Å². The Balaban J connectivity index is 1.69. The zero-order valence-electron chi connectivity index (χ0n) is 13.8. The lowest BCUT2D eigenvalue weighted by Gasteiger charge is -2.48. The number of carbonyl (C=O) groups is 1. The zero-order valence-corrected chi connectivity index (χ0v) is 14.6. The van der Waals surface area contributed by atoms with Crippen molar-refractivity contribution in [2.75, 3.05) is 32.8 Å². The van der Waals surface area contributed by atoms with Crippen LogP contribution < -0.4 is 5.32 Å². The van der Waals surface area contributed by atoms with Gasteiger partial charge in [-0.05, 0) is 31.0 Å². The van der Waals surface area contributed by atoms with Gasteiger partial charge in [0.1, 0.15) is 5.82 Å². The quantitative estimate of drug-likeness (QED) is 0.902. The van der Waals surface area contributed by atoms with Crippen LogP contribution >= 0.6 is 11.6 Å². The number of benzene rings is 1. The molecule has 1 saturated heterocycles. The maximum absolute atomic E-state index is 13.2. The summed E-state index contributed by atoms with van der Waals surface area (Å²) >= 11 is 6.00. The molecule has 0 spiro atoms. The Morgan fingerprint density at radius 2 is 1.96 bits per heavy atom. The highest BCUT2D eigenvalue weighted by molar-refractivity contribution is 6.33. The van der Waals surface area contributed by atoms with E-state index in [0.717, 1.165) is 39.1 Å². The summed E-state index contributed by atoms with van der Waals surface area (Å²) in [6.45, 7) is 3.92. The predicted molar refractivity (Wildman–Crippen MR) is 92.0 cm³/mol. The molecule has 1 aromatic carbocycles. The van der Waals surface area contributed by atoms with Crippen molar-refractivity contribution in [1.29, 1.82) is 0 Å². The van der Waals surface area contributed by atoms with Crippen LogP contribution in [0.3, 0.4) is 0 Å². The third kappa shape index (κ3) is 3.90. The minimum atomic E-state index is -0.436. The molecule has 3 rings (SSSR count). The Labute approximate surface area is 147 Å². The smallest absolute Gasteiger partial charge is 0.252 e. The molecule has 1 aliphatic carbocycles. The summed E-state index contributed by atoms with van der Waals surface area (Å²) in [4.78, 5) is 15.0. The van der Waals surface area contributed by atoms with E-state index in [1.807, 2.05) is 0 Å². The molecule has 0 atom stereocenters. The van der Waals surface area contributed by atoms with Crippen LogP contribution in [0.5, 0.6) is 0 Å². The Kier molecular flexibility index (Phi) is 5.74. The highest BCUT2D eigenvalue weighted by atomic mass is 35.5. The lowest BCUT2D eigenvalue weighted by molar-refractivity contribution is -0.0361. The molecule has 4 nitrogen and oxygen atoms in total. The van der Waals surface area contributed by atoms with Gasteiger partial charge in [0.15, 0.2) is 0 Å². The molecule has 2 fully saturated rings. The first-order valence-corrected chi connectivity index (χ1v) is 9.05. The summed E-state index contributed by atoms with van der Waals surface area (Å²) in [5.74, 6) is -0.674. The molecule has 6 heteroatoms. The van der Waals surface area contributed by atoms with Crippen LogP contribution in [0.15, 0.2) is 18.2 Å². The van der Waals surface area contributed by atoms with E-state index in [2.05, 4.69) is 10.2 Å². The minimum Gasteiger partial charge on any atom is -0.379 e. The summed E-state index contributed by atoms with van der Waals surface area (Å²) in [5.41, 5.74) is 0.329. The molecular weight excluding hydrogens is 331 g/mol. The maximum Gasteiger partial charge on any atom is 0.252 e. The zero-order chi connectivity index (χ0) is 17.0. The Morgan fingerprint density at radius 1 is 1.25 bits per heavy atom. The number of amides is 1. The van der Waals surface area contributed by atoms with Gasteiger partial charge in [-0.15, -0.1) is 0 Å². The summed E-state index contributed by atoms with van der Waals surface area (Å²) in [6, 6.07) is 3.88. The molecule has 132 valence electrons. The molecule has 0 radical (unpaired) electrons. The molecule has 0 bridgehead atoms. The van der Waals surface area contributed by atoms with Crippen molar-refractivity contribution < 1.29 is 13.9 Å². The maximum atomic E-state index is 13.2. The van der Waals surface area contributed by atoms with E-state index in [-0.39, 0.29) is 16.5 Å². The van der Waals surface area contributed by atoms with Gasteiger partial charge in [-0.2, -0.15) is 0 Å². The second-order valence-electron chi connectivity index (χ2n) is 6.69. The molecule has 0 unspecified atom stereocenters. The van der Waals surface area contributed by atoms with Gasteiger partial charge in [-0.25, -0.2) is 4.39 Å². The SMILES string of the molecule is O=C(NCC1(N2CCOCC2)CCCCC1)c1ccc(F)cc1Cl. The predicted octanol–water partition coefficient (Wildman–Crippen LogP) is 3.24. The molecule has 2 aliphatic rings. The van der Waals surface area contributed by atoms with Crippen LogP contribution in [0.1, 0.15) is 42.5 Å². The minimum absolute atomic E-state index is 0.00416. The van der Waals surface area contributed by atoms with Crippen LogP contribution in [-0.2, 0) is 4.74 Å². The number of rotatable bonds is 4. The van der Waals surface area contributed by atoms with Crippen molar-refractivity contribution in [2.45, 2.75) is 37.6 Å². The van der Waals surface area contributed by atoms with Gasteiger partial charge in [0.2, 0.25) is 0 Å². The van der Waals surface area contributed by atoms with Gasteiger partial charge in [0.05, 0.1) is 23.8 Å². The van der Waals surface area contributed by atoms with Crippen molar-refractivity contribution in [2.24, 2.45) is 0 Å². The molecule has 1 amide bonds. The fraction of sp³-hybridized carbons (Fsp3) is 0.611. The number of hydrogen-bond acceptors (Lipinski definition) is 3. The van der Waals surface area contributed by atoms with Gasteiger partial charge < -0.3 is 10.1 Å². The van der Waals surface area contributed by atoms with E-state index in [0.29, 0.717) is 12.1 Å². The number of carbonyl (C=O) groups excluding carboxylic acids is 1. The Bertz CT molecular complexity index is 584. The Hall–Kier alpha value is -1.17. The fourth-order valence-electron chi connectivity index (χ4n) is 3.87. The molecule has 24 heavy (non-hydrogen) atoms. The molecule has 1 N–H and O–H groups in total. The topological polar surface area (TPSA) is 41.6 Å². The molecule has 1 saturated carbocycles. The van der Waals surface area contributed by atoms with Crippen molar-refractivity contribution in [1.82, 2.24) is 10.2 Å². The van der Waals surface area contributed by atoms with E-state index < -0.39 is 5.82 Å². The van der Waals surface area contributed by atoms with Crippen molar-refractivity contribution in [3.05, 3.63) is 34.6 Å². The monoisotopic (exact) mass is 354 g/mol. The third-order valence-electron chi connectivity index (χ3n) is 5.22. The van der Waals surface area contributed by atoms with Crippen LogP contribution in [0.2, 0.25) is 5.02 Å². The lowest BCUT2D eigenvalue weighted by Crippen LogP contribution is -2.59. The number of hydrogen-bond donors (Lipinski definition) is 1. The van der Waals surface area contributed by atoms with Crippen LogP contribution in [0, 0.1) is 5.82 Å². The van der Waals surface area contributed by atoms with E-state index >= 15 is 0 Å². The molecule has 1 aliphatic heterocycles. The average Bonchev–Trinajstić information content (AvgIpc) is 2.61. The normalized spacial score (nSPS) is 21.4. The summed E-state index contributed by atoms with van der Waals surface area (Å²) < 4.78 is 18.6. The largest absolute Gasteiger partial charge is 0.379 e. The number of nitrogens with zero attached hydrogens (tertiary/aromatic N) is 1. The highest BCUT2D eigenvalue weighted by Gasteiger charge is 2.38. The number of halogens is 2. The number of morpholine rings is 1. The average molecular weight is 355 g/mol. The second-order valence-corrected chi connectivity index (χ2v) is 7.10. The molecule has 1 heterocycles. The third-order valence-corrected chi connectivity index (χ3v) is 5.53.